The van der Waals surface area contributed by atoms with Crippen molar-refractivity contribution in [3.05, 3.63) is 185 Å². The second-order valence-electron chi connectivity index (χ2n) is 13.1. The Morgan fingerprint density at radius 3 is 1.28 bits per heavy atom. The van der Waals surface area contributed by atoms with E-state index in [0.717, 1.165) is 13.1 Å². The first-order valence-electron chi connectivity index (χ1n) is 16.7. The average molecular weight is 608 g/mol. The molecule has 0 aliphatic carbocycles. The van der Waals surface area contributed by atoms with Crippen molar-refractivity contribution in [2.75, 3.05) is 32.1 Å². The highest BCUT2D eigenvalue weighted by atomic mass is 15.2. The molecule has 226 valence electrons. The molecule has 0 amide bonds. The Bertz CT molecular complexity index is 2080. The van der Waals surface area contributed by atoms with Crippen LogP contribution >= 0.6 is 0 Å². The van der Waals surface area contributed by atoms with Crippen LogP contribution in [-0.4, -0.2) is 47.8 Å². The van der Waals surface area contributed by atoms with E-state index in [1.54, 1.807) is 0 Å². The van der Waals surface area contributed by atoms with Crippen LogP contribution in [0.25, 0.3) is 11.1 Å². The Morgan fingerprint density at radius 1 is 0.426 bits per heavy atom. The van der Waals surface area contributed by atoms with Crippen LogP contribution in [0.3, 0.4) is 0 Å². The number of likely N-dealkylation sites (N-methyl/N-ethyl adjacent to an activating group) is 2. The SMILES string of the molecule is C[N+]1=C(c2ccccc2)c2cccc3c2C(C1)C1C[N+](C)=C(c2ccccc2)c2cccc(c21)N3c1ccc(-c2ccccc2)cc1. The van der Waals surface area contributed by atoms with Gasteiger partial charge in [0.25, 0.3) is 0 Å². The van der Waals surface area contributed by atoms with Gasteiger partial charge in [-0.15, -0.1) is 0 Å². The van der Waals surface area contributed by atoms with Crippen molar-refractivity contribution in [2.24, 2.45) is 0 Å². The summed E-state index contributed by atoms with van der Waals surface area (Å²) in [5.41, 5.74) is 17.0. The molecule has 0 bridgehead atoms. The second-order valence-corrected chi connectivity index (χ2v) is 13.1. The van der Waals surface area contributed by atoms with Gasteiger partial charge in [0.2, 0.25) is 11.4 Å². The van der Waals surface area contributed by atoms with E-state index in [0.29, 0.717) is 11.8 Å². The maximum absolute atomic E-state index is 2.56. The Morgan fingerprint density at radius 2 is 0.830 bits per heavy atom. The summed E-state index contributed by atoms with van der Waals surface area (Å²) in [5.74, 6) is 0.652. The molecule has 47 heavy (non-hydrogen) atoms. The molecule has 0 N–H and O–H groups in total. The molecule has 2 atom stereocenters. The summed E-state index contributed by atoms with van der Waals surface area (Å²) in [7, 11) is 4.56. The lowest BCUT2D eigenvalue weighted by Crippen LogP contribution is -2.39. The molecule has 3 nitrogen and oxygen atoms in total. The van der Waals surface area contributed by atoms with E-state index in [-0.39, 0.29) is 0 Å². The molecule has 0 saturated carbocycles. The van der Waals surface area contributed by atoms with Crippen molar-refractivity contribution in [3.63, 3.8) is 0 Å². The molecule has 3 heterocycles. The van der Waals surface area contributed by atoms with Crippen molar-refractivity contribution in [2.45, 2.75) is 11.8 Å². The van der Waals surface area contributed by atoms with Gasteiger partial charge in [-0.25, -0.2) is 9.15 Å². The van der Waals surface area contributed by atoms with Gasteiger partial charge in [0.15, 0.2) is 13.1 Å². The van der Waals surface area contributed by atoms with Gasteiger partial charge in [0, 0.05) is 27.9 Å². The number of hydrogen-bond acceptors (Lipinski definition) is 1. The molecule has 0 saturated heterocycles. The van der Waals surface area contributed by atoms with E-state index in [9.17, 15) is 0 Å². The summed E-state index contributed by atoms with van der Waals surface area (Å²) in [6.07, 6.45) is 0. The monoisotopic (exact) mass is 607 g/mol. The minimum Gasteiger partial charge on any atom is -0.310 e. The summed E-state index contributed by atoms with van der Waals surface area (Å²) in [6, 6.07) is 55.6. The van der Waals surface area contributed by atoms with E-state index in [2.05, 4.69) is 180 Å². The van der Waals surface area contributed by atoms with Gasteiger partial charge in [0.05, 0.1) is 34.3 Å². The van der Waals surface area contributed by atoms with Crippen LogP contribution in [0.4, 0.5) is 17.1 Å². The van der Waals surface area contributed by atoms with Gasteiger partial charge in [0.1, 0.15) is 14.1 Å². The van der Waals surface area contributed by atoms with Crippen LogP contribution in [-0.2, 0) is 0 Å². The van der Waals surface area contributed by atoms with Crippen LogP contribution in [0.15, 0.2) is 152 Å². The quantitative estimate of drug-likeness (QED) is 0.182. The fourth-order valence-corrected chi connectivity index (χ4v) is 8.50. The zero-order valence-corrected chi connectivity index (χ0v) is 26.8. The highest BCUT2D eigenvalue weighted by Crippen LogP contribution is 2.54. The van der Waals surface area contributed by atoms with Crippen LogP contribution in [0, 0.1) is 0 Å². The summed E-state index contributed by atoms with van der Waals surface area (Å²) < 4.78 is 5.02. The maximum atomic E-state index is 2.56. The highest BCUT2D eigenvalue weighted by molar-refractivity contribution is 6.14. The zero-order chi connectivity index (χ0) is 31.5. The smallest absolute Gasteiger partial charge is 0.214 e. The molecule has 3 aliphatic heterocycles. The summed E-state index contributed by atoms with van der Waals surface area (Å²) in [6.45, 7) is 1.92. The third-order valence-corrected chi connectivity index (χ3v) is 10.4. The van der Waals surface area contributed by atoms with Gasteiger partial charge in [-0.2, -0.15) is 0 Å². The van der Waals surface area contributed by atoms with Gasteiger partial charge >= 0.3 is 0 Å². The fourth-order valence-electron chi connectivity index (χ4n) is 8.50. The molecule has 3 heteroatoms. The van der Waals surface area contributed by atoms with E-state index in [1.165, 1.54) is 73.0 Å². The number of hydrogen-bond donors (Lipinski definition) is 0. The summed E-state index contributed by atoms with van der Waals surface area (Å²) in [5, 5.41) is 0. The lowest BCUT2D eigenvalue weighted by Gasteiger charge is -2.32. The number of anilines is 3. The third-order valence-electron chi connectivity index (χ3n) is 10.4. The van der Waals surface area contributed by atoms with Crippen molar-refractivity contribution < 1.29 is 9.15 Å². The van der Waals surface area contributed by atoms with Crippen LogP contribution in [0.1, 0.15) is 45.2 Å². The van der Waals surface area contributed by atoms with E-state index in [4.69, 9.17) is 0 Å². The minimum atomic E-state index is 0.326. The fraction of sp³-hybridized carbons (Fsp3) is 0.136. The van der Waals surface area contributed by atoms with Gasteiger partial charge < -0.3 is 4.90 Å². The van der Waals surface area contributed by atoms with Gasteiger partial charge in [-0.1, -0.05) is 91.0 Å². The maximum Gasteiger partial charge on any atom is 0.214 e. The summed E-state index contributed by atoms with van der Waals surface area (Å²) >= 11 is 0. The number of rotatable bonds is 4. The highest BCUT2D eigenvalue weighted by Gasteiger charge is 2.48. The first-order valence-corrected chi connectivity index (χ1v) is 16.7. The lowest BCUT2D eigenvalue weighted by atomic mass is 9.73. The molecule has 9 rings (SSSR count). The minimum absolute atomic E-state index is 0.326. The lowest BCUT2D eigenvalue weighted by molar-refractivity contribution is -0.516. The summed E-state index contributed by atoms with van der Waals surface area (Å²) in [4.78, 5) is 2.56. The predicted molar refractivity (Wildman–Crippen MR) is 193 cm³/mol. The van der Waals surface area contributed by atoms with E-state index >= 15 is 0 Å². The van der Waals surface area contributed by atoms with Crippen LogP contribution < -0.4 is 4.90 Å². The van der Waals surface area contributed by atoms with Crippen molar-refractivity contribution >= 4 is 28.5 Å². The number of nitrogens with zero attached hydrogens (tertiary/aromatic N) is 3. The Balaban J connectivity index is 1.31. The average Bonchev–Trinajstić information content (AvgIpc) is 3.23. The molecule has 0 radical (unpaired) electrons. The molecule has 0 aromatic heterocycles. The van der Waals surface area contributed by atoms with E-state index < -0.39 is 0 Å². The normalized spacial score (nSPS) is 18.0. The van der Waals surface area contributed by atoms with E-state index in [1.807, 2.05) is 0 Å². The molecule has 6 aromatic rings. The number of benzene rings is 6. The van der Waals surface area contributed by atoms with Crippen molar-refractivity contribution in [3.8, 4) is 11.1 Å². The largest absolute Gasteiger partial charge is 0.310 e. The van der Waals surface area contributed by atoms with Crippen molar-refractivity contribution in [1.82, 2.24) is 0 Å². The second kappa shape index (κ2) is 11.1. The Kier molecular flexibility index (Phi) is 6.53. The van der Waals surface area contributed by atoms with Crippen LogP contribution in [0.5, 0.6) is 0 Å². The van der Waals surface area contributed by atoms with Gasteiger partial charge in [-0.05, 0) is 71.8 Å². The number of fused-ring (bicyclic) bond motifs is 1. The topological polar surface area (TPSA) is 9.26 Å². The molecule has 0 fully saturated rings. The Labute approximate surface area is 277 Å². The van der Waals surface area contributed by atoms with Crippen molar-refractivity contribution in [1.29, 1.82) is 0 Å². The third kappa shape index (κ3) is 4.41. The Hall–Kier alpha value is -5.54. The molecule has 3 aliphatic rings. The molecular weight excluding hydrogens is 571 g/mol. The van der Waals surface area contributed by atoms with Gasteiger partial charge in [-0.3, -0.25) is 0 Å². The molecule has 6 aromatic carbocycles. The first-order chi connectivity index (χ1) is 23.2. The van der Waals surface area contributed by atoms with Crippen LogP contribution in [0.2, 0.25) is 0 Å². The first kappa shape index (κ1) is 27.7. The zero-order valence-electron chi connectivity index (χ0n) is 26.8. The standard InChI is InChI=1S/C44H37N3/c1-45-28-37-38-29-46(2)44(33-18-10-5-11-19-33)36-21-13-23-40(42(36)38)47(34-26-24-31(25-27-34)30-14-6-3-7-15-30)39-22-12-20-35(41(37)39)43(45)32-16-8-4-9-17-32/h3-27,37-38H,28-29H2,1-2H3/q+2. The molecular formula is C44H37N3+2. The predicted octanol–water partition coefficient (Wildman–Crippen LogP) is 8.99. The molecule has 0 spiro atoms. The molecule has 2 unspecified atom stereocenters.